The van der Waals surface area contributed by atoms with Crippen molar-refractivity contribution in [2.24, 2.45) is 0 Å². The molecule has 1 N–H and O–H groups in total. The molecule has 0 amide bonds. The van der Waals surface area contributed by atoms with E-state index in [1.807, 2.05) is 6.07 Å². The summed E-state index contributed by atoms with van der Waals surface area (Å²) in [6, 6.07) is 8.39. The van der Waals surface area contributed by atoms with Crippen LogP contribution in [0.25, 0.3) is 0 Å². The molecule has 92 valence electrons. The first-order valence-electron chi connectivity index (χ1n) is 5.47. The number of halogens is 1. The minimum atomic E-state index is -0.317. The van der Waals surface area contributed by atoms with Crippen LogP contribution < -0.4 is 5.32 Å². The number of nitriles is 1. The largest absolute Gasteiger partial charge is 0.383 e. The Balaban J connectivity index is 2.31. The molecule has 4 nitrogen and oxygen atoms in total. The lowest BCUT2D eigenvalue weighted by Crippen LogP contribution is -2.31. The molecular weight excluding hydrogens is 252 g/mol. The van der Waals surface area contributed by atoms with Crippen molar-refractivity contribution in [2.75, 3.05) is 19.8 Å². The summed E-state index contributed by atoms with van der Waals surface area (Å²) in [5.74, 6) is -0.317. The van der Waals surface area contributed by atoms with Crippen molar-refractivity contribution in [2.45, 2.75) is 0 Å². The third-order valence-corrected chi connectivity index (χ3v) is 2.83. The van der Waals surface area contributed by atoms with Gasteiger partial charge in [-0.05, 0) is 24.3 Å². The molecular formula is C13H11ClN2O2. The van der Waals surface area contributed by atoms with E-state index in [2.05, 4.69) is 5.32 Å². The van der Waals surface area contributed by atoms with Crippen LogP contribution >= 0.6 is 11.6 Å². The van der Waals surface area contributed by atoms with Crippen molar-refractivity contribution >= 4 is 17.4 Å². The Morgan fingerprint density at radius 2 is 2.11 bits per heavy atom. The summed E-state index contributed by atoms with van der Waals surface area (Å²) >= 11 is 5.76. The predicted octanol–water partition coefficient (Wildman–Crippen LogP) is 1.92. The average Bonchev–Trinajstić information content (AvgIpc) is 2.41. The lowest BCUT2D eigenvalue weighted by Gasteiger charge is -2.18. The molecule has 1 fully saturated rings. The maximum Gasteiger partial charge on any atom is 0.205 e. The van der Waals surface area contributed by atoms with E-state index in [1.165, 1.54) is 0 Å². The van der Waals surface area contributed by atoms with E-state index in [0.29, 0.717) is 29.4 Å². The highest BCUT2D eigenvalue weighted by Gasteiger charge is 2.19. The fourth-order valence-electron chi connectivity index (χ4n) is 1.66. The van der Waals surface area contributed by atoms with Gasteiger partial charge < -0.3 is 10.1 Å². The number of morpholine rings is 1. The molecule has 1 heterocycles. The Labute approximate surface area is 110 Å². The van der Waals surface area contributed by atoms with Crippen molar-refractivity contribution in [3.8, 4) is 6.07 Å². The van der Waals surface area contributed by atoms with E-state index >= 15 is 0 Å². The first-order chi connectivity index (χ1) is 8.72. The smallest absolute Gasteiger partial charge is 0.205 e. The van der Waals surface area contributed by atoms with Gasteiger partial charge in [-0.3, -0.25) is 4.79 Å². The van der Waals surface area contributed by atoms with E-state index in [-0.39, 0.29) is 18.0 Å². The Morgan fingerprint density at radius 3 is 2.67 bits per heavy atom. The van der Waals surface area contributed by atoms with Crippen LogP contribution in [0.2, 0.25) is 5.02 Å². The van der Waals surface area contributed by atoms with Crippen molar-refractivity contribution < 1.29 is 9.53 Å². The molecule has 18 heavy (non-hydrogen) atoms. The summed E-state index contributed by atoms with van der Waals surface area (Å²) in [5.41, 5.74) is 1.08. The Bertz CT molecular complexity index is 521. The lowest BCUT2D eigenvalue weighted by atomic mass is 10.0. The van der Waals surface area contributed by atoms with Crippen LogP contribution in [0.15, 0.2) is 35.5 Å². The molecule has 1 saturated heterocycles. The fourth-order valence-corrected chi connectivity index (χ4v) is 1.79. The maximum atomic E-state index is 12.2. The summed E-state index contributed by atoms with van der Waals surface area (Å²) in [7, 11) is 0. The van der Waals surface area contributed by atoms with Gasteiger partial charge in [0, 0.05) is 17.1 Å². The van der Waals surface area contributed by atoms with E-state index in [4.69, 9.17) is 21.6 Å². The zero-order valence-electron chi connectivity index (χ0n) is 9.57. The third kappa shape index (κ3) is 2.70. The summed E-state index contributed by atoms with van der Waals surface area (Å²) in [6.07, 6.45) is 0. The molecule has 0 radical (unpaired) electrons. The molecule has 1 aliphatic heterocycles. The third-order valence-electron chi connectivity index (χ3n) is 2.58. The van der Waals surface area contributed by atoms with Crippen molar-refractivity contribution in [1.29, 1.82) is 5.26 Å². The molecule has 5 heteroatoms. The zero-order valence-corrected chi connectivity index (χ0v) is 10.3. The highest BCUT2D eigenvalue weighted by atomic mass is 35.5. The van der Waals surface area contributed by atoms with Gasteiger partial charge in [0.2, 0.25) is 5.78 Å². The molecule has 0 atom stereocenters. The average molecular weight is 263 g/mol. The number of ether oxygens (including phenoxy) is 1. The number of Topliss-reactive ketones (excluding diaryl/α,β-unsaturated/α-hetero) is 1. The van der Waals surface area contributed by atoms with E-state index in [0.717, 1.165) is 0 Å². The second kappa shape index (κ2) is 5.67. The number of benzene rings is 1. The first-order valence-corrected chi connectivity index (χ1v) is 5.85. The van der Waals surface area contributed by atoms with Crippen LogP contribution in [0.3, 0.4) is 0 Å². The van der Waals surface area contributed by atoms with Crippen LogP contribution in [0, 0.1) is 11.3 Å². The highest BCUT2D eigenvalue weighted by molar-refractivity contribution is 6.30. The lowest BCUT2D eigenvalue weighted by molar-refractivity contribution is 0.102. The predicted molar refractivity (Wildman–Crippen MR) is 67.2 cm³/mol. The van der Waals surface area contributed by atoms with Crippen LogP contribution in [0.4, 0.5) is 0 Å². The summed E-state index contributed by atoms with van der Waals surface area (Å²) in [6.45, 7) is 1.45. The monoisotopic (exact) mass is 262 g/mol. The number of allylic oxidation sites excluding steroid dienone is 1. The molecule has 0 unspecified atom stereocenters. The molecule has 1 aromatic carbocycles. The number of ketones is 1. The molecule has 0 aromatic heterocycles. The van der Waals surface area contributed by atoms with Crippen molar-refractivity contribution in [3.63, 3.8) is 0 Å². The van der Waals surface area contributed by atoms with Crippen molar-refractivity contribution in [3.05, 3.63) is 46.1 Å². The second-order valence-electron chi connectivity index (χ2n) is 3.78. The van der Waals surface area contributed by atoms with E-state index in [1.54, 1.807) is 24.3 Å². The minimum Gasteiger partial charge on any atom is -0.383 e. The van der Waals surface area contributed by atoms with Gasteiger partial charge in [0.05, 0.1) is 18.9 Å². The number of carbonyl (C=O) groups is 1. The number of rotatable bonds is 2. The topological polar surface area (TPSA) is 62.1 Å². The molecule has 0 bridgehead atoms. The fraction of sp³-hybridized carbons (Fsp3) is 0.231. The van der Waals surface area contributed by atoms with Gasteiger partial charge >= 0.3 is 0 Å². The number of nitrogens with zero attached hydrogens (tertiary/aromatic N) is 1. The number of hydrogen-bond donors (Lipinski definition) is 1. The van der Waals surface area contributed by atoms with Crippen LogP contribution in [-0.2, 0) is 4.74 Å². The molecule has 1 aliphatic rings. The SMILES string of the molecule is N#C/C(C(=O)c1ccc(Cl)cc1)=C1\COCCN1. The summed E-state index contributed by atoms with van der Waals surface area (Å²) in [5, 5.41) is 12.7. The Hall–Kier alpha value is -1.83. The zero-order chi connectivity index (χ0) is 13.0. The van der Waals surface area contributed by atoms with Gasteiger partial charge in [0.25, 0.3) is 0 Å². The van der Waals surface area contributed by atoms with Crippen LogP contribution in [0.5, 0.6) is 0 Å². The van der Waals surface area contributed by atoms with Gasteiger partial charge in [0.1, 0.15) is 11.6 Å². The normalized spacial score (nSPS) is 17.6. The molecule has 2 rings (SSSR count). The maximum absolute atomic E-state index is 12.2. The second-order valence-corrected chi connectivity index (χ2v) is 4.22. The van der Waals surface area contributed by atoms with Gasteiger partial charge in [-0.1, -0.05) is 11.6 Å². The molecule has 0 aliphatic carbocycles. The highest BCUT2D eigenvalue weighted by Crippen LogP contribution is 2.15. The first kappa shape index (κ1) is 12.6. The Morgan fingerprint density at radius 1 is 1.39 bits per heavy atom. The quantitative estimate of drug-likeness (QED) is 0.502. The summed E-state index contributed by atoms with van der Waals surface area (Å²) < 4.78 is 5.23. The summed E-state index contributed by atoms with van der Waals surface area (Å²) in [4.78, 5) is 12.2. The van der Waals surface area contributed by atoms with Crippen molar-refractivity contribution in [1.82, 2.24) is 5.32 Å². The Kier molecular flexibility index (Phi) is 3.98. The van der Waals surface area contributed by atoms with Crippen LogP contribution in [-0.4, -0.2) is 25.5 Å². The van der Waals surface area contributed by atoms with Gasteiger partial charge in [-0.2, -0.15) is 5.26 Å². The van der Waals surface area contributed by atoms with Crippen LogP contribution in [0.1, 0.15) is 10.4 Å². The van der Waals surface area contributed by atoms with E-state index in [9.17, 15) is 4.79 Å². The minimum absolute atomic E-state index is 0.0945. The molecule has 0 saturated carbocycles. The van der Waals surface area contributed by atoms with Gasteiger partial charge in [-0.15, -0.1) is 0 Å². The van der Waals surface area contributed by atoms with Gasteiger partial charge in [0.15, 0.2) is 0 Å². The standard InChI is InChI=1S/C13H11ClN2O2/c14-10-3-1-9(2-4-10)13(17)11(7-15)12-8-18-6-5-16-12/h1-4,16H,5-6,8H2/b12-11-. The number of nitrogens with one attached hydrogen (secondary N) is 1. The molecule has 1 aromatic rings. The number of carbonyl (C=O) groups excluding carboxylic acids is 1. The van der Waals surface area contributed by atoms with E-state index < -0.39 is 0 Å². The van der Waals surface area contributed by atoms with Gasteiger partial charge in [-0.25, -0.2) is 0 Å². The number of hydrogen-bond acceptors (Lipinski definition) is 4. The molecule has 0 spiro atoms.